The van der Waals surface area contributed by atoms with Gasteiger partial charge in [-0.2, -0.15) is 0 Å². The maximum Gasteiger partial charge on any atom is 0.0106 e. The molecule has 0 heterocycles. The number of halogens is 1. The van der Waals surface area contributed by atoms with Crippen LogP contribution in [0.15, 0.2) is 24.6 Å². The van der Waals surface area contributed by atoms with Crippen molar-refractivity contribution < 1.29 is 0 Å². The van der Waals surface area contributed by atoms with Crippen molar-refractivity contribution in [3.8, 4) is 0 Å². The number of rotatable bonds is 32. The molecule has 0 bridgehead atoms. The third-order valence-electron chi connectivity index (χ3n) is 8.13. The Bertz CT molecular complexity index is 430. The highest BCUT2D eigenvalue weighted by Gasteiger charge is 1.95. The van der Waals surface area contributed by atoms with E-state index in [4.69, 9.17) is 0 Å². The Morgan fingerprint density at radius 3 is 0.769 bits per heavy atom. The van der Waals surface area contributed by atoms with E-state index < -0.39 is 0 Å². The number of hydrogen-bond donors (Lipinski definition) is 0. The van der Waals surface area contributed by atoms with Gasteiger partial charge >= 0.3 is 0 Å². The van der Waals surface area contributed by atoms with Crippen LogP contribution in [0.25, 0.3) is 0 Å². The third kappa shape index (κ3) is 37.6. The summed E-state index contributed by atoms with van der Waals surface area (Å²) < 4.78 is 0. The maximum atomic E-state index is 2.36. The van der Waals surface area contributed by atoms with Gasteiger partial charge < -0.3 is 4.90 Å². The largest absolute Gasteiger partial charge is 0.358 e. The summed E-state index contributed by atoms with van der Waals surface area (Å²) in [6, 6.07) is 0. The van der Waals surface area contributed by atoms with E-state index in [0.717, 1.165) is 0 Å². The van der Waals surface area contributed by atoms with Crippen LogP contribution >= 0.6 is 12.4 Å². The molecule has 0 aliphatic heterocycles. The van der Waals surface area contributed by atoms with E-state index in [9.17, 15) is 0 Å². The number of unbranched alkanes of at least 4 members (excludes halogenated alkanes) is 28. The standard InChI is InChI=1S/C37H73N.ClH/c1-4-6-8-10-12-14-16-18-20-22-24-26-28-30-32-34-36-38(3)37-35-33-31-29-27-25-23-21-19-17-15-13-11-9-7-5-2;/h34-37H,4-33H2,1-3H3;1H/b36-34+,37-35+;. The normalized spacial score (nSPS) is 11.6. The van der Waals surface area contributed by atoms with Gasteiger partial charge in [0.1, 0.15) is 0 Å². The molecule has 0 radical (unpaired) electrons. The first kappa shape index (κ1) is 40.7. The van der Waals surface area contributed by atoms with Crippen molar-refractivity contribution in [3.63, 3.8) is 0 Å². The summed E-state index contributed by atoms with van der Waals surface area (Å²) in [4.78, 5) is 2.23. The van der Waals surface area contributed by atoms with Gasteiger partial charge in [0.25, 0.3) is 0 Å². The van der Waals surface area contributed by atoms with Crippen LogP contribution < -0.4 is 0 Å². The van der Waals surface area contributed by atoms with E-state index in [2.05, 4.69) is 50.3 Å². The fourth-order valence-electron chi connectivity index (χ4n) is 5.44. The molecule has 234 valence electrons. The van der Waals surface area contributed by atoms with Gasteiger partial charge in [0.05, 0.1) is 0 Å². The summed E-state index contributed by atoms with van der Waals surface area (Å²) in [6.07, 6.45) is 52.0. The molecular formula is C37H74ClN. The van der Waals surface area contributed by atoms with Crippen LogP contribution in [0.1, 0.15) is 206 Å². The van der Waals surface area contributed by atoms with Crippen molar-refractivity contribution in [1.29, 1.82) is 0 Å². The molecule has 0 fully saturated rings. The quantitative estimate of drug-likeness (QED) is 0.0730. The predicted octanol–water partition coefficient (Wildman–Crippen LogP) is 14.1. The SMILES string of the molecule is CCCCCCCCCCCCCCCC/C=C/N(C)/C=C/CCCCCCCCCCCCCCCC.Cl. The summed E-state index contributed by atoms with van der Waals surface area (Å²) in [5.41, 5.74) is 0. The Kier molecular flexibility index (Phi) is 39.2. The zero-order valence-corrected chi connectivity index (χ0v) is 28.2. The van der Waals surface area contributed by atoms with Crippen molar-refractivity contribution in [2.45, 2.75) is 206 Å². The molecule has 39 heavy (non-hydrogen) atoms. The molecular weight excluding hydrogens is 494 g/mol. The second-order valence-electron chi connectivity index (χ2n) is 12.2. The van der Waals surface area contributed by atoms with Crippen LogP contribution in [-0.4, -0.2) is 11.9 Å². The lowest BCUT2D eigenvalue weighted by Gasteiger charge is -2.07. The van der Waals surface area contributed by atoms with Gasteiger partial charge in [0.2, 0.25) is 0 Å². The fraction of sp³-hybridized carbons (Fsp3) is 0.892. The smallest absolute Gasteiger partial charge is 0.0106 e. The van der Waals surface area contributed by atoms with Crippen molar-refractivity contribution in [3.05, 3.63) is 24.6 Å². The lowest BCUT2D eigenvalue weighted by atomic mass is 10.0. The topological polar surface area (TPSA) is 3.24 Å². The minimum atomic E-state index is 0. The minimum absolute atomic E-state index is 0. The second-order valence-corrected chi connectivity index (χ2v) is 12.2. The van der Waals surface area contributed by atoms with Gasteiger partial charge in [-0.1, -0.05) is 193 Å². The highest BCUT2D eigenvalue weighted by Crippen LogP contribution is 2.15. The Morgan fingerprint density at radius 2 is 0.538 bits per heavy atom. The first-order chi connectivity index (χ1) is 18.8. The van der Waals surface area contributed by atoms with E-state index in [-0.39, 0.29) is 12.4 Å². The van der Waals surface area contributed by atoms with E-state index in [1.165, 1.54) is 193 Å². The van der Waals surface area contributed by atoms with Gasteiger partial charge in [-0.05, 0) is 38.1 Å². The zero-order chi connectivity index (χ0) is 27.6. The molecule has 0 aliphatic rings. The molecule has 0 aromatic rings. The molecule has 0 rings (SSSR count). The van der Waals surface area contributed by atoms with E-state index in [1.807, 2.05) is 0 Å². The average molecular weight is 568 g/mol. The van der Waals surface area contributed by atoms with Crippen LogP contribution in [0.5, 0.6) is 0 Å². The number of nitrogens with zero attached hydrogens (tertiary/aromatic N) is 1. The van der Waals surface area contributed by atoms with Crippen molar-refractivity contribution in [2.24, 2.45) is 0 Å². The Morgan fingerprint density at radius 1 is 0.333 bits per heavy atom. The average Bonchev–Trinajstić information content (AvgIpc) is 2.92. The van der Waals surface area contributed by atoms with Crippen LogP contribution in [0.3, 0.4) is 0 Å². The van der Waals surface area contributed by atoms with E-state index in [1.54, 1.807) is 0 Å². The first-order valence-corrected chi connectivity index (χ1v) is 17.9. The Labute approximate surface area is 254 Å². The fourth-order valence-corrected chi connectivity index (χ4v) is 5.44. The van der Waals surface area contributed by atoms with Crippen LogP contribution in [0.2, 0.25) is 0 Å². The highest BCUT2D eigenvalue weighted by atomic mass is 35.5. The van der Waals surface area contributed by atoms with Gasteiger partial charge in [0, 0.05) is 7.05 Å². The molecule has 0 atom stereocenters. The third-order valence-corrected chi connectivity index (χ3v) is 8.13. The number of allylic oxidation sites excluding steroid dienone is 2. The molecule has 2 heteroatoms. The molecule has 0 aromatic heterocycles. The summed E-state index contributed by atoms with van der Waals surface area (Å²) in [7, 11) is 2.17. The van der Waals surface area contributed by atoms with Gasteiger partial charge in [-0.15, -0.1) is 12.4 Å². The summed E-state index contributed by atoms with van der Waals surface area (Å²) in [5.74, 6) is 0. The van der Waals surface area contributed by atoms with Gasteiger partial charge in [-0.25, -0.2) is 0 Å². The minimum Gasteiger partial charge on any atom is -0.358 e. The highest BCUT2D eigenvalue weighted by molar-refractivity contribution is 5.85. The van der Waals surface area contributed by atoms with Gasteiger partial charge in [0.15, 0.2) is 0 Å². The van der Waals surface area contributed by atoms with Crippen LogP contribution in [0, 0.1) is 0 Å². The second kappa shape index (κ2) is 37.6. The van der Waals surface area contributed by atoms with E-state index in [0.29, 0.717) is 0 Å². The molecule has 0 aromatic carbocycles. The molecule has 0 amide bonds. The molecule has 0 saturated heterocycles. The van der Waals surface area contributed by atoms with Crippen LogP contribution in [0.4, 0.5) is 0 Å². The van der Waals surface area contributed by atoms with Crippen LogP contribution in [-0.2, 0) is 0 Å². The van der Waals surface area contributed by atoms with Crippen molar-refractivity contribution in [1.82, 2.24) is 4.90 Å². The lowest BCUT2D eigenvalue weighted by molar-refractivity contribution is 0.535. The first-order valence-electron chi connectivity index (χ1n) is 17.9. The predicted molar refractivity (Wildman–Crippen MR) is 183 cm³/mol. The maximum absolute atomic E-state index is 2.36. The Hall–Kier alpha value is -0.430. The molecule has 0 N–H and O–H groups in total. The lowest BCUT2D eigenvalue weighted by Crippen LogP contribution is -1.99. The summed E-state index contributed by atoms with van der Waals surface area (Å²) in [6.45, 7) is 4.60. The summed E-state index contributed by atoms with van der Waals surface area (Å²) >= 11 is 0. The molecule has 0 saturated carbocycles. The van der Waals surface area contributed by atoms with Crippen molar-refractivity contribution in [2.75, 3.05) is 7.05 Å². The monoisotopic (exact) mass is 568 g/mol. The Balaban J connectivity index is 0. The van der Waals surface area contributed by atoms with Crippen molar-refractivity contribution >= 4 is 12.4 Å². The summed E-state index contributed by atoms with van der Waals surface area (Å²) in [5, 5.41) is 0. The number of hydrogen-bond acceptors (Lipinski definition) is 1. The molecule has 0 spiro atoms. The molecule has 0 unspecified atom stereocenters. The molecule has 1 nitrogen and oxygen atoms in total. The van der Waals surface area contributed by atoms with Gasteiger partial charge in [-0.3, -0.25) is 0 Å². The zero-order valence-electron chi connectivity index (χ0n) is 27.4. The molecule has 0 aliphatic carbocycles. The van der Waals surface area contributed by atoms with E-state index >= 15 is 0 Å².